The molecular formula is C55H60S. The highest BCUT2D eigenvalue weighted by molar-refractivity contribution is 8.34. The van der Waals surface area contributed by atoms with Gasteiger partial charge in [-0.2, -0.15) is 10.0 Å². The lowest BCUT2D eigenvalue weighted by atomic mass is 9.74. The van der Waals surface area contributed by atoms with Crippen molar-refractivity contribution in [2.75, 3.05) is 0 Å². The van der Waals surface area contributed by atoms with Crippen LogP contribution in [0.2, 0.25) is 0 Å². The van der Waals surface area contributed by atoms with E-state index in [0.29, 0.717) is 0 Å². The van der Waals surface area contributed by atoms with E-state index >= 15 is 0 Å². The Kier molecular flexibility index (Phi) is 8.72. The monoisotopic (exact) mass is 752 g/mol. The fourth-order valence-electron chi connectivity index (χ4n) is 12.4. The van der Waals surface area contributed by atoms with Gasteiger partial charge in [0.15, 0.2) is 0 Å². The molecule has 0 amide bonds. The molecule has 3 aliphatic carbocycles. The Balaban J connectivity index is 1.39. The van der Waals surface area contributed by atoms with E-state index in [1.54, 1.807) is 0 Å². The number of rotatable bonds is 9. The smallest absolute Gasteiger partial charge is 0.0210 e. The highest BCUT2D eigenvalue weighted by Gasteiger charge is 2.49. The second kappa shape index (κ2) is 13.1. The number of benzene rings is 6. The second-order valence-electron chi connectivity index (χ2n) is 17.9. The lowest BCUT2D eigenvalue weighted by Gasteiger charge is -2.53. The Morgan fingerprint density at radius 3 is 0.839 bits per heavy atom. The van der Waals surface area contributed by atoms with Crippen LogP contribution in [0.1, 0.15) is 134 Å². The van der Waals surface area contributed by atoms with Crippen molar-refractivity contribution in [3.63, 3.8) is 0 Å². The normalized spacial score (nSPS) is 16.7. The maximum atomic E-state index is 2.71. The predicted octanol–water partition coefficient (Wildman–Crippen LogP) is 16.0. The minimum Gasteiger partial charge on any atom is -0.155 e. The van der Waals surface area contributed by atoms with Crippen LogP contribution in [-0.4, -0.2) is 4.75 Å². The molecule has 56 heavy (non-hydrogen) atoms. The minimum atomic E-state index is -1.88. The van der Waals surface area contributed by atoms with Crippen molar-refractivity contribution < 1.29 is 0 Å². The summed E-state index contributed by atoms with van der Waals surface area (Å²) < 4.78 is -0.102. The average molecular weight is 753 g/mol. The molecule has 6 aromatic carbocycles. The van der Waals surface area contributed by atoms with Gasteiger partial charge >= 0.3 is 0 Å². The fourth-order valence-corrected chi connectivity index (χ4v) is 17.0. The summed E-state index contributed by atoms with van der Waals surface area (Å²) in [6.45, 7) is 22.1. The molecule has 0 unspecified atom stereocenters. The third-order valence-electron chi connectivity index (χ3n) is 15.3. The summed E-state index contributed by atoms with van der Waals surface area (Å²) in [4.78, 5) is 4.47. The van der Waals surface area contributed by atoms with E-state index in [1.165, 1.54) is 81.4 Å². The van der Waals surface area contributed by atoms with Gasteiger partial charge in [-0.05, 0) is 156 Å². The fraction of sp³-hybridized carbons (Fsp3) is 0.345. The van der Waals surface area contributed by atoms with Crippen molar-refractivity contribution >= 4 is 10.0 Å². The SMILES string of the molecule is CCC1(CC)c2ccccc2-c2ccc(S(c3ccc4c(c3)C(CC)(CC)c3ccccc3-4)(c3ccc4c(c3)C(CC)(CC)c3ccccc3-4)C(C)(C)C)cc21. The van der Waals surface area contributed by atoms with Crippen molar-refractivity contribution in [3.8, 4) is 33.4 Å². The van der Waals surface area contributed by atoms with E-state index in [9.17, 15) is 0 Å². The molecular weight excluding hydrogens is 693 g/mol. The molecule has 0 heterocycles. The zero-order valence-corrected chi connectivity index (χ0v) is 36.1. The maximum absolute atomic E-state index is 2.71. The molecule has 0 saturated heterocycles. The largest absolute Gasteiger partial charge is 0.155 e. The minimum absolute atomic E-state index is 0.00328. The zero-order chi connectivity index (χ0) is 39.3. The second-order valence-corrected chi connectivity index (χ2v) is 21.7. The van der Waals surface area contributed by atoms with E-state index in [0.717, 1.165) is 38.5 Å². The lowest BCUT2D eigenvalue weighted by molar-refractivity contribution is 0.489. The number of fused-ring (bicyclic) bond motifs is 9. The van der Waals surface area contributed by atoms with Gasteiger partial charge in [0.25, 0.3) is 0 Å². The Bertz CT molecular complexity index is 2230. The third kappa shape index (κ3) is 4.56. The van der Waals surface area contributed by atoms with Crippen molar-refractivity contribution in [1.82, 2.24) is 0 Å². The summed E-state index contributed by atoms with van der Waals surface area (Å²) in [6, 6.07) is 51.1. The standard InChI is InChI=1S/C55H60S/c1-10-53(11-2)46-25-19-16-22-40(46)43-31-28-37(34-49(43)53)56(52(7,8)9,38-29-32-44-41-23-17-20-26-47(41)54(12-3,13-4)50(44)35-38)39-30-33-45-42-24-18-21-27-48(42)55(14-5,15-6)51(45)36-39/h16-36H,10-15H2,1-9H3. The molecule has 0 spiro atoms. The van der Waals surface area contributed by atoms with E-state index in [4.69, 9.17) is 0 Å². The molecule has 0 fully saturated rings. The molecule has 3 aliphatic rings. The van der Waals surface area contributed by atoms with Crippen LogP contribution >= 0.6 is 10.0 Å². The van der Waals surface area contributed by atoms with Crippen LogP contribution < -0.4 is 0 Å². The first-order valence-corrected chi connectivity index (χ1v) is 23.3. The van der Waals surface area contributed by atoms with E-state index in [2.05, 4.69) is 190 Å². The van der Waals surface area contributed by atoms with Crippen LogP contribution in [0.15, 0.2) is 142 Å². The number of hydrogen-bond donors (Lipinski definition) is 0. The molecule has 0 nitrogen and oxygen atoms in total. The average Bonchev–Trinajstić information content (AvgIpc) is 3.80. The van der Waals surface area contributed by atoms with Gasteiger partial charge in [-0.3, -0.25) is 0 Å². The van der Waals surface area contributed by atoms with Gasteiger partial charge < -0.3 is 0 Å². The molecule has 286 valence electrons. The predicted molar refractivity (Wildman–Crippen MR) is 242 cm³/mol. The van der Waals surface area contributed by atoms with Crippen LogP contribution in [0.25, 0.3) is 33.4 Å². The summed E-state index contributed by atoms with van der Waals surface area (Å²) in [5.41, 5.74) is 17.6. The van der Waals surface area contributed by atoms with Crippen LogP contribution in [0.5, 0.6) is 0 Å². The van der Waals surface area contributed by atoms with Crippen molar-refractivity contribution in [1.29, 1.82) is 0 Å². The highest BCUT2D eigenvalue weighted by atomic mass is 32.3. The van der Waals surface area contributed by atoms with Crippen LogP contribution in [0.4, 0.5) is 0 Å². The van der Waals surface area contributed by atoms with Gasteiger partial charge in [-0.1, -0.05) is 153 Å². The summed E-state index contributed by atoms with van der Waals surface area (Å²) >= 11 is 0. The van der Waals surface area contributed by atoms with Crippen LogP contribution in [-0.2, 0) is 16.2 Å². The van der Waals surface area contributed by atoms with Crippen LogP contribution in [0.3, 0.4) is 0 Å². The Morgan fingerprint density at radius 2 is 0.589 bits per heavy atom. The van der Waals surface area contributed by atoms with Crippen molar-refractivity contribution in [2.45, 2.75) is 137 Å². The molecule has 0 aromatic heterocycles. The van der Waals surface area contributed by atoms with Crippen molar-refractivity contribution in [2.24, 2.45) is 0 Å². The maximum Gasteiger partial charge on any atom is 0.0210 e. The summed E-state index contributed by atoms with van der Waals surface area (Å²) in [6.07, 6.45) is 6.55. The lowest BCUT2D eigenvalue weighted by Crippen LogP contribution is -2.29. The Hall–Kier alpha value is -4.33. The molecule has 0 aliphatic heterocycles. The molecule has 0 atom stereocenters. The van der Waals surface area contributed by atoms with Crippen LogP contribution in [0, 0.1) is 0 Å². The van der Waals surface area contributed by atoms with Crippen molar-refractivity contribution in [3.05, 3.63) is 161 Å². The quantitative estimate of drug-likeness (QED) is 0.138. The molecule has 0 radical (unpaired) electrons. The van der Waals surface area contributed by atoms with E-state index in [1.807, 2.05) is 0 Å². The highest BCUT2D eigenvalue weighted by Crippen LogP contribution is 2.77. The Labute approximate surface area is 339 Å². The molecule has 0 saturated carbocycles. The molecule has 0 N–H and O–H groups in total. The third-order valence-corrected chi connectivity index (χ3v) is 20.0. The van der Waals surface area contributed by atoms with Gasteiger partial charge in [0.1, 0.15) is 0 Å². The molecule has 6 aromatic rings. The van der Waals surface area contributed by atoms with E-state index in [-0.39, 0.29) is 21.0 Å². The first kappa shape index (κ1) is 37.3. The first-order valence-electron chi connectivity index (χ1n) is 21.6. The summed E-state index contributed by atoms with van der Waals surface area (Å²) in [5.74, 6) is 0. The molecule has 1 heteroatoms. The van der Waals surface area contributed by atoms with E-state index < -0.39 is 10.0 Å². The van der Waals surface area contributed by atoms with Gasteiger partial charge in [0.05, 0.1) is 0 Å². The molecule has 0 bridgehead atoms. The summed E-state index contributed by atoms with van der Waals surface area (Å²) in [5, 5.41) is 0. The van der Waals surface area contributed by atoms with Gasteiger partial charge in [0.2, 0.25) is 0 Å². The summed E-state index contributed by atoms with van der Waals surface area (Å²) in [7, 11) is -1.88. The van der Waals surface area contributed by atoms with Gasteiger partial charge in [-0.15, -0.1) is 0 Å². The topological polar surface area (TPSA) is 0 Å². The van der Waals surface area contributed by atoms with Gasteiger partial charge in [0, 0.05) is 21.0 Å². The molecule has 9 rings (SSSR count). The number of hydrogen-bond acceptors (Lipinski definition) is 0. The zero-order valence-electron chi connectivity index (χ0n) is 35.3. The van der Waals surface area contributed by atoms with Gasteiger partial charge in [-0.25, -0.2) is 0 Å². The Morgan fingerprint density at radius 1 is 0.339 bits per heavy atom. The first-order chi connectivity index (χ1) is 27.1.